The van der Waals surface area contributed by atoms with Crippen LogP contribution in [0.15, 0.2) is 0 Å². The fourth-order valence-corrected chi connectivity index (χ4v) is 1.73. The number of hydrogen-bond acceptors (Lipinski definition) is 0. The fraction of sp³-hybridized carbons (Fsp3) is 1.00. The van der Waals surface area contributed by atoms with Gasteiger partial charge < -0.3 is 0 Å². The van der Waals surface area contributed by atoms with Crippen molar-refractivity contribution < 1.29 is 0 Å². The predicted octanol–water partition coefficient (Wildman–Crippen LogP) is 4.22. The lowest BCUT2D eigenvalue weighted by atomic mass is 9.92. The maximum Gasteiger partial charge on any atom is 0.0418 e. The second-order valence-corrected chi connectivity index (χ2v) is 4.78. The van der Waals surface area contributed by atoms with Gasteiger partial charge in [-0.25, -0.2) is 0 Å². The average molecular weight is 177 g/mol. The first-order valence-corrected chi connectivity index (χ1v) is 5.08. The third-order valence-corrected chi connectivity index (χ3v) is 2.71. The molecule has 0 amide bonds. The van der Waals surface area contributed by atoms with Crippen molar-refractivity contribution in [2.75, 3.05) is 0 Å². The summed E-state index contributed by atoms with van der Waals surface area (Å²) in [7, 11) is 0. The van der Waals surface area contributed by atoms with Crippen LogP contribution in [0.4, 0.5) is 0 Å². The van der Waals surface area contributed by atoms with Crippen molar-refractivity contribution in [3.05, 3.63) is 0 Å². The van der Waals surface area contributed by atoms with Gasteiger partial charge in [-0.15, -0.1) is 11.6 Å². The minimum Gasteiger partial charge on any atom is -0.120 e. The summed E-state index contributed by atoms with van der Waals surface area (Å²) in [5.41, 5.74) is 0. The Kier molecular flexibility index (Phi) is 5.16. The Morgan fingerprint density at radius 3 is 2.27 bits per heavy atom. The van der Waals surface area contributed by atoms with Crippen molar-refractivity contribution in [3.63, 3.8) is 0 Å². The van der Waals surface area contributed by atoms with Gasteiger partial charge in [0, 0.05) is 4.87 Å². The number of alkyl halides is 1. The number of rotatable bonds is 5. The van der Waals surface area contributed by atoms with E-state index in [9.17, 15) is 0 Å². The molecule has 1 heteroatoms. The molecule has 0 aliphatic carbocycles. The van der Waals surface area contributed by atoms with Crippen LogP contribution < -0.4 is 0 Å². The maximum atomic E-state index is 6.25. The van der Waals surface area contributed by atoms with Gasteiger partial charge in [-0.05, 0) is 25.7 Å². The smallest absolute Gasteiger partial charge is 0.0418 e. The molecule has 0 spiro atoms. The Morgan fingerprint density at radius 1 is 1.36 bits per heavy atom. The van der Waals surface area contributed by atoms with Crippen LogP contribution in [0, 0.1) is 5.92 Å². The Bertz CT molecular complexity index is 97.0. The van der Waals surface area contributed by atoms with E-state index in [4.69, 9.17) is 11.6 Å². The van der Waals surface area contributed by atoms with E-state index in [0.29, 0.717) is 0 Å². The van der Waals surface area contributed by atoms with Crippen molar-refractivity contribution in [2.24, 2.45) is 5.92 Å². The van der Waals surface area contributed by atoms with Crippen molar-refractivity contribution in [1.82, 2.24) is 0 Å². The molecule has 0 saturated heterocycles. The van der Waals surface area contributed by atoms with Crippen LogP contribution in [0.2, 0.25) is 0 Å². The minimum absolute atomic E-state index is 0.0363. The third-order valence-electron chi connectivity index (χ3n) is 2.29. The fourth-order valence-electron chi connectivity index (χ4n) is 1.47. The van der Waals surface area contributed by atoms with Gasteiger partial charge in [0.15, 0.2) is 0 Å². The van der Waals surface area contributed by atoms with E-state index in [1.807, 2.05) is 0 Å². The Morgan fingerprint density at radius 2 is 1.91 bits per heavy atom. The first kappa shape index (κ1) is 11.3. The normalized spacial score (nSPS) is 19.4. The molecule has 0 aromatic carbocycles. The molecular weight excluding hydrogens is 156 g/mol. The Hall–Kier alpha value is 0.290. The molecule has 0 aromatic rings. The molecule has 0 heterocycles. The summed E-state index contributed by atoms with van der Waals surface area (Å²) in [4.78, 5) is 0.0363. The van der Waals surface area contributed by atoms with Crippen LogP contribution >= 0.6 is 11.6 Å². The van der Waals surface area contributed by atoms with Crippen molar-refractivity contribution in [1.29, 1.82) is 0 Å². The van der Waals surface area contributed by atoms with Crippen LogP contribution in [-0.2, 0) is 0 Å². The summed E-state index contributed by atoms with van der Waals surface area (Å²) in [5, 5.41) is 0. The Balaban J connectivity index is 3.64. The summed E-state index contributed by atoms with van der Waals surface area (Å²) in [6.07, 6.45) is 4.81. The minimum atomic E-state index is 0.0363. The van der Waals surface area contributed by atoms with Crippen molar-refractivity contribution in [2.45, 2.75) is 58.3 Å². The highest BCUT2D eigenvalue weighted by atomic mass is 35.5. The third kappa shape index (κ3) is 5.55. The standard InChI is InChI=1S/C10H21Cl/c1-5-7-9(3)8-10(4,11)6-2/h9H,5-8H2,1-4H3. The van der Waals surface area contributed by atoms with Crippen LogP contribution in [0.25, 0.3) is 0 Å². The molecule has 0 nitrogen and oxygen atoms in total. The SMILES string of the molecule is CCCC(C)CC(C)(Cl)CC. The predicted molar refractivity (Wildman–Crippen MR) is 53.2 cm³/mol. The van der Waals surface area contributed by atoms with Crippen LogP contribution in [-0.4, -0.2) is 4.87 Å². The second-order valence-electron chi connectivity index (χ2n) is 3.86. The molecular formula is C10H21Cl. The average Bonchev–Trinajstić information content (AvgIpc) is 1.87. The van der Waals surface area contributed by atoms with Gasteiger partial charge in [-0.2, -0.15) is 0 Å². The van der Waals surface area contributed by atoms with Crippen LogP contribution in [0.5, 0.6) is 0 Å². The highest BCUT2D eigenvalue weighted by Gasteiger charge is 2.20. The number of halogens is 1. The van der Waals surface area contributed by atoms with Gasteiger partial charge in [0.2, 0.25) is 0 Å². The molecule has 0 aromatic heterocycles. The van der Waals surface area contributed by atoms with E-state index < -0.39 is 0 Å². The lowest BCUT2D eigenvalue weighted by Gasteiger charge is -2.23. The van der Waals surface area contributed by atoms with E-state index in [1.165, 1.54) is 12.8 Å². The first-order chi connectivity index (χ1) is 5.02. The van der Waals surface area contributed by atoms with Crippen molar-refractivity contribution in [3.8, 4) is 0 Å². The van der Waals surface area contributed by atoms with E-state index in [1.54, 1.807) is 0 Å². The molecule has 0 saturated carbocycles. The zero-order chi connectivity index (χ0) is 8.91. The van der Waals surface area contributed by atoms with Gasteiger partial charge in [-0.3, -0.25) is 0 Å². The lowest BCUT2D eigenvalue weighted by molar-refractivity contribution is 0.407. The molecule has 0 aliphatic heterocycles. The van der Waals surface area contributed by atoms with Gasteiger partial charge >= 0.3 is 0 Å². The molecule has 0 radical (unpaired) electrons. The first-order valence-electron chi connectivity index (χ1n) is 4.70. The zero-order valence-electron chi connectivity index (χ0n) is 8.28. The van der Waals surface area contributed by atoms with E-state index in [-0.39, 0.29) is 4.87 Å². The highest BCUT2D eigenvalue weighted by Crippen LogP contribution is 2.28. The molecule has 0 fully saturated rings. The van der Waals surface area contributed by atoms with Gasteiger partial charge in [-0.1, -0.05) is 33.6 Å². The second kappa shape index (κ2) is 5.03. The zero-order valence-corrected chi connectivity index (χ0v) is 9.04. The van der Waals surface area contributed by atoms with Crippen molar-refractivity contribution >= 4 is 11.6 Å². The molecule has 2 atom stereocenters. The summed E-state index contributed by atoms with van der Waals surface area (Å²) in [6, 6.07) is 0. The summed E-state index contributed by atoms with van der Waals surface area (Å²) >= 11 is 6.25. The van der Waals surface area contributed by atoms with E-state index in [2.05, 4.69) is 27.7 Å². The molecule has 11 heavy (non-hydrogen) atoms. The van der Waals surface area contributed by atoms with Gasteiger partial charge in [0.1, 0.15) is 0 Å². The highest BCUT2D eigenvalue weighted by molar-refractivity contribution is 6.23. The van der Waals surface area contributed by atoms with Gasteiger partial charge in [0.05, 0.1) is 0 Å². The lowest BCUT2D eigenvalue weighted by Crippen LogP contribution is -2.18. The van der Waals surface area contributed by atoms with E-state index >= 15 is 0 Å². The number of hydrogen-bond donors (Lipinski definition) is 0. The largest absolute Gasteiger partial charge is 0.120 e. The molecule has 0 bridgehead atoms. The Labute approximate surface area is 76.3 Å². The quantitative estimate of drug-likeness (QED) is 0.551. The molecule has 68 valence electrons. The van der Waals surface area contributed by atoms with E-state index in [0.717, 1.165) is 18.8 Å². The summed E-state index contributed by atoms with van der Waals surface area (Å²) in [5.74, 6) is 0.780. The molecule has 2 unspecified atom stereocenters. The van der Waals surface area contributed by atoms with Gasteiger partial charge in [0.25, 0.3) is 0 Å². The maximum absolute atomic E-state index is 6.25. The van der Waals surface area contributed by atoms with Crippen LogP contribution in [0.3, 0.4) is 0 Å². The summed E-state index contributed by atoms with van der Waals surface area (Å²) < 4.78 is 0. The molecule has 0 aliphatic rings. The monoisotopic (exact) mass is 176 g/mol. The molecule has 0 rings (SSSR count). The topological polar surface area (TPSA) is 0 Å². The molecule has 0 N–H and O–H groups in total. The summed E-state index contributed by atoms with van der Waals surface area (Å²) in [6.45, 7) is 8.82. The van der Waals surface area contributed by atoms with Crippen LogP contribution in [0.1, 0.15) is 53.4 Å².